The lowest BCUT2D eigenvalue weighted by atomic mass is 10.4. The molecule has 0 radical (unpaired) electrons. The normalized spacial score (nSPS) is 15.7. The summed E-state index contributed by atoms with van der Waals surface area (Å²) in [5.74, 6) is 0.0863. The van der Waals surface area contributed by atoms with Gasteiger partial charge in [0, 0.05) is 19.7 Å². The fourth-order valence-corrected chi connectivity index (χ4v) is 1.41. The molecular formula is C11H21NO3. The van der Waals surface area contributed by atoms with E-state index in [2.05, 4.69) is 0 Å². The van der Waals surface area contributed by atoms with Crippen molar-refractivity contribution in [2.75, 3.05) is 26.9 Å². The van der Waals surface area contributed by atoms with Gasteiger partial charge in [-0.2, -0.15) is 0 Å². The second kappa shape index (κ2) is 6.08. The predicted octanol–water partition coefficient (Wildman–Crippen LogP) is 1.05. The van der Waals surface area contributed by atoms with Gasteiger partial charge in [-0.15, -0.1) is 0 Å². The van der Waals surface area contributed by atoms with Gasteiger partial charge in [-0.25, -0.2) is 0 Å². The number of ether oxygens (including phenoxy) is 2. The molecule has 4 nitrogen and oxygen atoms in total. The smallest absolute Gasteiger partial charge is 0.248 e. The number of hydrogen-bond donors (Lipinski definition) is 0. The molecule has 0 atom stereocenters. The van der Waals surface area contributed by atoms with Gasteiger partial charge in [0.15, 0.2) is 0 Å². The number of hydrogen-bond acceptors (Lipinski definition) is 3. The Morgan fingerprint density at radius 3 is 2.60 bits per heavy atom. The van der Waals surface area contributed by atoms with E-state index in [0.29, 0.717) is 19.2 Å². The molecule has 0 aromatic rings. The van der Waals surface area contributed by atoms with Gasteiger partial charge in [-0.05, 0) is 26.7 Å². The van der Waals surface area contributed by atoms with Crippen LogP contribution in [0.3, 0.4) is 0 Å². The topological polar surface area (TPSA) is 38.8 Å². The molecule has 1 amide bonds. The van der Waals surface area contributed by atoms with Crippen molar-refractivity contribution >= 4 is 5.91 Å². The van der Waals surface area contributed by atoms with E-state index in [-0.39, 0.29) is 18.6 Å². The average Bonchev–Trinajstić information content (AvgIpc) is 2.99. The van der Waals surface area contributed by atoms with Crippen LogP contribution in [-0.4, -0.2) is 49.8 Å². The highest BCUT2D eigenvalue weighted by Gasteiger charge is 2.32. The van der Waals surface area contributed by atoms with Gasteiger partial charge < -0.3 is 14.4 Å². The first-order chi connectivity index (χ1) is 7.15. The number of amides is 1. The summed E-state index contributed by atoms with van der Waals surface area (Å²) in [6.45, 7) is 5.34. The van der Waals surface area contributed by atoms with E-state index in [1.54, 1.807) is 7.11 Å². The summed E-state index contributed by atoms with van der Waals surface area (Å²) in [7, 11) is 1.65. The maximum absolute atomic E-state index is 11.8. The van der Waals surface area contributed by atoms with Crippen molar-refractivity contribution in [2.45, 2.75) is 38.8 Å². The zero-order chi connectivity index (χ0) is 11.3. The molecule has 0 unspecified atom stereocenters. The highest BCUT2D eigenvalue weighted by Crippen LogP contribution is 2.26. The molecular weight excluding hydrogens is 194 g/mol. The van der Waals surface area contributed by atoms with Crippen LogP contribution < -0.4 is 0 Å². The van der Waals surface area contributed by atoms with Gasteiger partial charge >= 0.3 is 0 Å². The minimum atomic E-state index is 0.0863. The van der Waals surface area contributed by atoms with Crippen molar-refractivity contribution < 1.29 is 14.3 Å². The quantitative estimate of drug-likeness (QED) is 0.637. The molecule has 1 saturated carbocycles. The monoisotopic (exact) mass is 215 g/mol. The fourth-order valence-electron chi connectivity index (χ4n) is 1.41. The molecule has 15 heavy (non-hydrogen) atoms. The maximum atomic E-state index is 11.8. The molecule has 0 aromatic heterocycles. The summed E-state index contributed by atoms with van der Waals surface area (Å²) in [6.07, 6.45) is 2.35. The molecule has 4 heteroatoms. The molecule has 0 saturated heterocycles. The van der Waals surface area contributed by atoms with E-state index in [4.69, 9.17) is 9.47 Å². The maximum Gasteiger partial charge on any atom is 0.248 e. The number of rotatable bonds is 7. The SMILES string of the molecule is COCCN(C(=O)COC(C)C)C1CC1. The Balaban J connectivity index is 2.30. The van der Waals surface area contributed by atoms with Crippen LogP contribution in [0.25, 0.3) is 0 Å². The Hall–Kier alpha value is -0.610. The molecule has 88 valence electrons. The van der Waals surface area contributed by atoms with E-state index in [0.717, 1.165) is 12.8 Å². The van der Waals surface area contributed by atoms with Crippen LogP contribution in [0, 0.1) is 0 Å². The van der Waals surface area contributed by atoms with Gasteiger partial charge in [0.2, 0.25) is 5.91 Å². The van der Waals surface area contributed by atoms with E-state index in [9.17, 15) is 4.79 Å². The zero-order valence-electron chi connectivity index (χ0n) is 9.86. The van der Waals surface area contributed by atoms with Gasteiger partial charge in [0.25, 0.3) is 0 Å². The summed E-state index contributed by atoms with van der Waals surface area (Å²) in [6, 6.07) is 0.434. The molecule has 0 bridgehead atoms. The standard InChI is InChI=1S/C11H21NO3/c1-9(2)15-8-11(13)12(6-7-14-3)10-4-5-10/h9-10H,4-8H2,1-3H3. The lowest BCUT2D eigenvalue weighted by Gasteiger charge is -2.22. The zero-order valence-corrected chi connectivity index (χ0v) is 9.86. The van der Waals surface area contributed by atoms with Gasteiger partial charge in [0.1, 0.15) is 6.61 Å². The second-order valence-electron chi connectivity index (χ2n) is 4.17. The number of carbonyl (C=O) groups is 1. The number of methoxy groups -OCH3 is 1. The first kappa shape index (κ1) is 12.5. The molecule has 0 aliphatic heterocycles. The van der Waals surface area contributed by atoms with Crippen LogP contribution in [0.2, 0.25) is 0 Å². The molecule has 1 fully saturated rings. The van der Waals surface area contributed by atoms with Gasteiger partial charge in [-0.1, -0.05) is 0 Å². The largest absolute Gasteiger partial charge is 0.383 e. The summed E-state index contributed by atoms with van der Waals surface area (Å²) in [5, 5.41) is 0. The first-order valence-corrected chi connectivity index (χ1v) is 5.55. The molecule has 0 spiro atoms. The Bertz CT molecular complexity index is 202. The second-order valence-corrected chi connectivity index (χ2v) is 4.17. The first-order valence-electron chi connectivity index (χ1n) is 5.55. The molecule has 0 aromatic carbocycles. The van der Waals surface area contributed by atoms with Crippen molar-refractivity contribution in [1.29, 1.82) is 0 Å². The summed E-state index contributed by atoms with van der Waals surface area (Å²) in [5.41, 5.74) is 0. The predicted molar refractivity (Wildman–Crippen MR) is 57.7 cm³/mol. The highest BCUT2D eigenvalue weighted by atomic mass is 16.5. The van der Waals surface area contributed by atoms with Crippen LogP contribution >= 0.6 is 0 Å². The minimum absolute atomic E-state index is 0.0863. The van der Waals surface area contributed by atoms with Gasteiger partial charge in [-0.3, -0.25) is 4.79 Å². The molecule has 0 N–H and O–H groups in total. The molecule has 1 rings (SSSR count). The van der Waals surface area contributed by atoms with E-state index in [1.165, 1.54) is 0 Å². The van der Waals surface area contributed by atoms with Crippen molar-refractivity contribution in [1.82, 2.24) is 4.90 Å². The Labute approximate surface area is 91.5 Å². The molecule has 1 aliphatic carbocycles. The fraction of sp³-hybridized carbons (Fsp3) is 0.909. The third kappa shape index (κ3) is 4.62. The van der Waals surface area contributed by atoms with Crippen molar-refractivity contribution in [3.8, 4) is 0 Å². The molecule has 0 heterocycles. The third-order valence-electron chi connectivity index (χ3n) is 2.38. The highest BCUT2D eigenvalue weighted by molar-refractivity contribution is 5.78. The lowest BCUT2D eigenvalue weighted by molar-refractivity contribution is -0.138. The van der Waals surface area contributed by atoms with E-state index < -0.39 is 0 Å². The average molecular weight is 215 g/mol. The summed E-state index contributed by atoms with van der Waals surface area (Å²) >= 11 is 0. The Morgan fingerprint density at radius 2 is 2.13 bits per heavy atom. The Morgan fingerprint density at radius 1 is 1.47 bits per heavy atom. The van der Waals surface area contributed by atoms with Crippen molar-refractivity contribution in [2.24, 2.45) is 0 Å². The van der Waals surface area contributed by atoms with Crippen LogP contribution in [0.15, 0.2) is 0 Å². The summed E-state index contributed by atoms with van der Waals surface area (Å²) in [4.78, 5) is 13.7. The van der Waals surface area contributed by atoms with Crippen LogP contribution in [0.1, 0.15) is 26.7 Å². The number of nitrogens with zero attached hydrogens (tertiary/aromatic N) is 1. The van der Waals surface area contributed by atoms with Crippen LogP contribution in [0.5, 0.6) is 0 Å². The van der Waals surface area contributed by atoms with E-state index >= 15 is 0 Å². The third-order valence-corrected chi connectivity index (χ3v) is 2.38. The van der Waals surface area contributed by atoms with Crippen LogP contribution in [0.4, 0.5) is 0 Å². The van der Waals surface area contributed by atoms with E-state index in [1.807, 2.05) is 18.7 Å². The minimum Gasteiger partial charge on any atom is -0.383 e. The van der Waals surface area contributed by atoms with Crippen LogP contribution in [-0.2, 0) is 14.3 Å². The van der Waals surface area contributed by atoms with Gasteiger partial charge in [0.05, 0.1) is 12.7 Å². The van der Waals surface area contributed by atoms with Crippen molar-refractivity contribution in [3.63, 3.8) is 0 Å². The molecule has 1 aliphatic rings. The Kier molecular flexibility index (Phi) is 5.05. The lowest BCUT2D eigenvalue weighted by Crippen LogP contribution is -2.38. The van der Waals surface area contributed by atoms with Crippen molar-refractivity contribution in [3.05, 3.63) is 0 Å². The summed E-state index contributed by atoms with van der Waals surface area (Å²) < 4.78 is 10.3. The number of carbonyl (C=O) groups excluding carboxylic acids is 1.